The van der Waals surface area contributed by atoms with Crippen LogP contribution in [0, 0.1) is 0 Å². The Labute approximate surface area is 92.8 Å². The lowest BCUT2D eigenvalue weighted by Crippen LogP contribution is -2.29. The van der Waals surface area contributed by atoms with E-state index in [1.54, 1.807) is 23.9 Å². The van der Waals surface area contributed by atoms with Gasteiger partial charge in [-0.15, -0.1) is 11.8 Å². The van der Waals surface area contributed by atoms with Crippen LogP contribution in [0.3, 0.4) is 0 Å². The molecule has 0 aromatic heterocycles. The number of hydrogen-bond acceptors (Lipinski definition) is 4. The van der Waals surface area contributed by atoms with Crippen LogP contribution >= 0.6 is 11.8 Å². The summed E-state index contributed by atoms with van der Waals surface area (Å²) >= 11 is 1.65. The Balaban J connectivity index is 2.20. The lowest BCUT2D eigenvalue weighted by molar-refractivity contribution is -0.121. The number of aromatic hydroxyl groups is 1. The maximum atomic E-state index is 10.8. The second kappa shape index (κ2) is 6.31. The highest BCUT2D eigenvalue weighted by molar-refractivity contribution is 7.99. The summed E-state index contributed by atoms with van der Waals surface area (Å²) in [5, 5.41) is 9.06. The van der Waals surface area contributed by atoms with E-state index in [-0.39, 0.29) is 11.7 Å². The molecule has 0 heterocycles. The van der Waals surface area contributed by atoms with Gasteiger partial charge in [-0.05, 0) is 36.4 Å². The maximum absolute atomic E-state index is 10.8. The number of thioether (sulfide) groups is 1. The molecule has 0 unspecified atom stereocenters. The monoisotopic (exact) mass is 226 g/mol. The zero-order valence-electron chi connectivity index (χ0n) is 8.27. The Morgan fingerprint density at radius 3 is 2.67 bits per heavy atom. The van der Waals surface area contributed by atoms with Crippen LogP contribution in [-0.2, 0) is 4.79 Å². The molecule has 4 N–H and O–H groups in total. The van der Waals surface area contributed by atoms with Gasteiger partial charge in [0.2, 0.25) is 5.91 Å². The molecule has 15 heavy (non-hydrogen) atoms. The summed E-state index contributed by atoms with van der Waals surface area (Å²) in [6, 6.07) is 7.00. The maximum Gasteiger partial charge on any atom is 0.233 e. The van der Waals surface area contributed by atoms with Crippen molar-refractivity contribution in [3.05, 3.63) is 24.3 Å². The molecule has 0 aliphatic rings. The van der Waals surface area contributed by atoms with E-state index in [4.69, 9.17) is 10.9 Å². The van der Waals surface area contributed by atoms with Crippen molar-refractivity contribution in [1.82, 2.24) is 5.43 Å². The van der Waals surface area contributed by atoms with E-state index in [0.29, 0.717) is 6.42 Å². The van der Waals surface area contributed by atoms with Gasteiger partial charge in [0.25, 0.3) is 0 Å². The van der Waals surface area contributed by atoms with Crippen molar-refractivity contribution in [3.63, 3.8) is 0 Å². The molecule has 0 saturated carbocycles. The smallest absolute Gasteiger partial charge is 0.233 e. The second-order valence-corrected chi connectivity index (χ2v) is 4.18. The fourth-order valence-corrected chi connectivity index (χ4v) is 1.89. The average molecular weight is 226 g/mol. The van der Waals surface area contributed by atoms with Gasteiger partial charge < -0.3 is 5.11 Å². The zero-order valence-corrected chi connectivity index (χ0v) is 9.09. The molecule has 1 aromatic carbocycles. The number of benzene rings is 1. The third kappa shape index (κ3) is 4.71. The summed E-state index contributed by atoms with van der Waals surface area (Å²) in [7, 11) is 0. The summed E-state index contributed by atoms with van der Waals surface area (Å²) in [4.78, 5) is 11.9. The molecule has 0 fully saturated rings. The van der Waals surface area contributed by atoms with Gasteiger partial charge in [-0.3, -0.25) is 10.2 Å². The number of phenols is 1. The summed E-state index contributed by atoms with van der Waals surface area (Å²) in [6.45, 7) is 0. The molecule has 0 radical (unpaired) electrons. The van der Waals surface area contributed by atoms with Gasteiger partial charge >= 0.3 is 0 Å². The van der Waals surface area contributed by atoms with Crippen LogP contribution in [0.15, 0.2) is 29.2 Å². The predicted octanol–water partition coefficient (Wildman–Crippen LogP) is 1.25. The van der Waals surface area contributed by atoms with Crippen LogP contribution in [0.25, 0.3) is 0 Å². The number of phenolic OH excluding ortho intramolecular Hbond substituents is 1. The van der Waals surface area contributed by atoms with Gasteiger partial charge in [0.05, 0.1) is 0 Å². The Kier molecular flexibility index (Phi) is 5.00. The van der Waals surface area contributed by atoms with Crippen molar-refractivity contribution in [3.8, 4) is 5.75 Å². The molecule has 0 saturated heterocycles. The van der Waals surface area contributed by atoms with E-state index < -0.39 is 0 Å². The van der Waals surface area contributed by atoms with Crippen molar-refractivity contribution in [1.29, 1.82) is 0 Å². The first-order valence-corrected chi connectivity index (χ1v) is 5.62. The van der Waals surface area contributed by atoms with Gasteiger partial charge in [-0.25, -0.2) is 5.84 Å². The number of rotatable bonds is 5. The van der Waals surface area contributed by atoms with Crippen molar-refractivity contribution in [2.75, 3.05) is 5.75 Å². The molecule has 4 nitrogen and oxygen atoms in total. The lowest BCUT2D eigenvalue weighted by atomic mass is 10.3. The normalized spacial score (nSPS) is 9.93. The van der Waals surface area contributed by atoms with Crippen molar-refractivity contribution < 1.29 is 9.90 Å². The van der Waals surface area contributed by atoms with E-state index in [1.165, 1.54) is 0 Å². The molecule has 82 valence electrons. The molecule has 1 rings (SSSR count). The van der Waals surface area contributed by atoms with Crippen molar-refractivity contribution in [2.24, 2.45) is 5.84 Å². The summed E-state index contributed by atoms with van der Waals surface area (Å²) < 4.78 is 0. The fraction of sp³-hybridized carbons (Fsp3) is 0.300. The molecule has 0 spiro atoms. The van der Waals surface area contributed by atoms with Crippen LogP contribution in [0.2, 0.25) is 0 Å². The molecule has 1 aromatic rings. The van der Waals surface area contributed by atoms with Gasteiger partial charge in [0, 0.05) is 11.3 Å². The van der Waals surface area contributed by atoms with E-state index in [2.05, 4.69) is 5.43 Å². The number of hydrogen-bond donors (Lipinski definition) is 3. The topological polar surface area (TPSA) is 75.3 Å². The Hall–Kier alpha value is -1.20. The first kappa shape index (κ1) is 11.9. The summed E-state index contributed by atoms with van der Waals surface area (Å²) in [5.41, 5.74) is 2.09. The number of carbonyl (C=O) groups excluding carboxylic acids is 1. The molecule has 0 bridgehead atoms. The standard InChI is InChI=1S/C10H14N2O2S/c11-12-10(14)2-1-7-15-9-5-3-8(13)4-6-9/h3-6,13H,1-2,7,11H2,(H,12,14). The van der Waals surface area contributed by atoms with Crippen molar-refractivity contribution >= 4 is 17.7 Å². The quantitative estimate of drug-likeness (QED) is 0.232. The molecule has 0 aliphatic carbocycles. The highest BCUT2D eigenvalue weighted by Crippen LogP contribution is 2.21. The molecule has 1 amide bonds. The minimum atomic E-state index is -0.138. The van der Waals surface area contributed by atoms with Crippen LogP contribution in [0.4, 0.5) is 0 Å². The molecule has 5 heteroatoms. The second-order valence-electron chi connectivity index (χ2n) is 3.01. The molecule has 0 aliphatic heterocycles. The highest BCUT2D eigenvalue weighted by atomic mass is 32.2. The number of nitrogens with one attached hydrogen (secondary N) is 1. The Morgan fingerprint density at radius 2 is 2.07 bits per heavy atom. The van der Waals surface area contributed by atoms with E-state index >= 15 is 0 Å². The van der Waals surface area contributed by atoms with Crippen LogP contribution in [-0.4, -0.2) is 16.8 Å². The molecular formula is C10H14N2O2S. The van der Waals surface area contributed by atoms with Crippen molar-refractivity contribution in [2.45, 2.75) is 17.7 Å². The summed E-state index contributed by atoms with van der Waals surface area (Å²) in [6.07, 6.45) is 1.23. The van der Waals surface area contributed by atoms with Gasteiger partial charge in [-0.1, -0.05) is 0 Å². The zero-order chi connectivity index (χ0) is 11.1. The van der Waals surface area contributed by atoms with Crippen LogP contribution in [0.5, 0.6) is 5.75 Å². The SMILES string of the molecule is NNC(=O)CCCSc1ccc(O)cc1. The number of nitrogens with two attached hydrogens (primary N) is 1. The van der Waals surface area contributed by atoms with Crippen LogP contribution in [0.1, 0.15) is 12.8 Å². The fourth-order valence-electron chi connectivity index (χ4n) is 1.04. The first-order chi connectivity index (χ1) is 7.22. The largest absolute Gasteiger partial charge is 0.508 e. The Bertz CT molecular complexity index is 314. The lowest BCUT2D eigenvalue weighted by Gasteiger charge is -2.01. The Morgan fingerprint density at radius 1 is 1.40 bits per heavy atom. The number of hydrazine groups is 1. The summed E-state index contributed by atoms with van der Waals surface area (Å²) in [5.74, 6) is 5.94. The molecule has 0 atom stereocenters. The van der Waals surface area contributed by atoms with Gasteiger partial charge in [-0.2, -0.15) is 0 Å². The minimum absolute atomic E-state index is 0.138. The van der Waals surface area contributed by atoms with Gasteiger partial charge in [0.15, 0.2) is 0 Å². The van der Waals surface area contributed by atoms with Crippen LogP contribution < -0.4 is 11.3 Å². The van der Waals surface area contributed by atoms with E-state index in [1.807, 2.05) is 12.1 Å². The predicted molar refractivity (Wildman–Crippen MR) is 60.4 cm³/mol. The third-order valence-electron chi connectivity index (χ3n) is 1.81. The van der Waals surface area contributed by atoms with E-state index in [9.17, 15) is 4.79 Å². The average Bonchev–Trinajstić information content (AvgIpc) is 2.26. The van der Waals surface area contributed by atoms with Gasteiger partial charge in [0.1, 0.15) is 5.75 Å². The highest BCUT2D eigenvalue weighted by Gasteiger charge is 1.99. The third-order valence-corrected chi connectivity index (χ3v) is 2.91. The number of carbonyl (C=O) groups is 1. The van der Waals surface area contributed by atoms with E-state index in [0.717, 1.165) is 17.1 Å². The minimum Gasteiger partial charge on any atom is -0.508 e. The number of amides is 1. The first-order valence-electron chi connectivity index (χ1n) is 4.63. The molecular weight excluding hydrogens is 212 g/mol.